The van der Waals surface area contributed by atoms with Gasteiger partial charge in [-0.15, -0.1) is 0 Å². The number of carbonyl (C=O) groups excluding carboxylic acids is 2. The minimum absolute atomic E-state index is 0.264. The number of nitrogens with one attached hydrogen (secondary N) is 1. The van der Waals surface area contributed by atoms with Gasteiger partial charge in [-0.3, -0.25) is 19.5 Å². The zero-order chi connectivity index (χ0) is 13.1. The number of primary amides is 1. The van der Waals surface area contributed by atoms with Crippen LogP contribution in [0.5, 0.6) is 0 Å². The zero-order valence-electron chi connectivity index (χ0n) is 9.76. The van der Waals surface area contributed by atoms with Crippen molar-refractivity contribution < 1.29 is 9.59 Å². The predicted molar refractivity (Wildman–Crippen MR) is 62.8 cm³/mol. The van der Waals surface area contributed by atoms with Crippen molar-refractivity contribution in [1.82, 2.24) is 14.9 Å². The van der Waals surface area contributed by atoms with Gasteiger partial charge in [0.2, 0.25) is 5.91 Å². The molecule has 0 spiro atoms. The van der Waals surface area contributed by atoms with Crippen LogP contribution < -0.4 is 16.6 Å². The standard InChI is InChI=1S/C11H14N4O3/c12-11(18)14-9(16)5-15-6-13-8(4-10(15)17)7-2-1-3-7/h4,6-7H,1-3,5H2,(H3,12,14,16,18). The maximum absolute atomic E-state index is 11.7. The van der Waals surface area contributed by atoms with Crippen LogP contribution in [-0.2, 0) is 11.3 Å². The molecule has 1 aromatic rings. The van der Waals surface area contributed by atoms with Gasteiger partial charge < -0.3 is 5.73 Å². The highest BCUT2D eigenvalue weighted by Gasteiger charge is 2.21. The Kier molecular flexibility index (Phi) is 3.40. The second-order valence-corrected chi connectivity index (χ2v) is 4.32. The Morgan fingerprint density at radius 3 is 2.72 bits per heavy atom. The van der Waals surface area contributed by atoms with E-state index >= 15 is 0 Å². The molecule has 1 aliphatic carbocycles. The lowest BCUT2D eigenvalue weighted by molar-refractivity contribution is -0.120. The Morgan fingerprint density at radius 1 is 1.50 bits per heavy atom. The average Bonchev–Trinajstić information content (AvgIpc) is 2.18. The summed E-state index contributed by atoms with van der Waals surface area (Å²) in [6.07, 6.45) is 4.60. The largest absolute Gasteiger partial charge is 0.351 e. The summed E-state index contributed by atoms with van der Waals surface area (Å²) in [5.74, 6) is -0.269. The predicted octanol–water partition coefficient (Wildman–Crippen LogP) is -0.294. The Hall–Kier alpha value is -2.18. The molecular weight excluding hydrogens is 236 g/mol. The third-order valence-corrected chi connectivity index (χ3v) is 3.00. The van der Waals surface area contributed by atoms with E-state index in [0.29, 0.717) is 5.92 Å². The van der Waals surface area contributed by atoms with Gasteiger partial charge >= 0.3 is 6.03 Å². The second kappa shape index (κ2) is 4.99. The highest BCUT2D eigenvalue weighted by molar-refractivity contribution is 5.93. The first kappa shape index (κ1) is 12.3. The molecular formula is C11H14N4O3. The lowest BCUT2D eigenvalue weighted by Gasteiger charge is -2.24. The van der Waals surface area contributed by atoms with E-state index in [1.807, 2.05) is 5.32 Å². The van der Waals surface area contributed by atoms with Crippen LogP contribution >= 0.6 is 0 Å². The van der Waals surface area contributed by atoms with Crippen LogP contribution in [0.4, 0.5) is 4.79 Å². The van der Waals surface area contributed by atoms with Crippen LogP contribution in [0.25, 0.3) is 0 Å². The zero-order valence-corrected chi connectivity index (χ0v) is 9.76. The third-order valence-electron chi connectivity index (χ3n) is 3.00. The molecule has 3 N–H and O–H groups in total. The number of nitrogens with zero attached hydrogens (tertiary/aromatic N) is 2. The van der Waals surface area contributed by atoms with Gasteiger partial charge in [0.25, 0.3) is 5.56 Å². The van der Waals surface area contributed by atoms with Gasteiger partial charge in [0.05, 0.1) is 12.0 Å². The van der Waals surface area contributed by atoms with E-state index in [1.165, 1.54) is 12.4 Å². The van der Waals surface area contributed by atoms with Crippen molar-refractivity contribution in [1.29, 1.82) is 0 Å². The molecule has 1 aliphatic rings. The SMILES string of the molecule is NC(=O)NC(=O)Cn1cnc(C2CCC2)cc1=O. The van der Waals surface area contributed by atoms with Crippen LogP contribution in [0.3, 0.4) is 0 Å². The molecule has 1 saturated carbocycles. The van der Waals surface area contributed by atoms with Crippen molar-refractivity contribution in [3.8, 4) is 0 Å². The molecule has 0 aliphatic heterocycles. The van der Waals surface area contributed by atoms with Crippen molar-refractivity contribution in [2.24, 2.45) is 5.73 Å². The molecule has 18 heavy (non-hydrogen) atoms. The van der Waals surface area contributed by atoms with Gasteiger partial charge in [0, 0.05) is 12.0 Å². The number of nitrogens with two attached hydrogens (primary N) is 1. The summed E-state index contributed by atoms with van der Waals surface area (Å²) >= 11 is 0. The highest BCUT2D eigenvalue weighted by atomic mass is 16.2. The average molecular weight is 250 g/mol. The summed E-state index contributed by atoms with van der Waals surface area (Å²) in [4.78, 5) is 37.6. The number of hydrogen-bond acceptors (Lipinski definition) is 4. The fraction of sp³-hybridized carbons (Fsp3) is 0.455. The molecule has 1 aromatic heterocycles. The van der Waals surface area contributed by atoms with Gasteiger partial charge in [0.15, 0.2) is 0 Å². The van der Waals surface area contributed by atoms with Crippen LogP contribution in [-0.4, -0.2) is 21.5 Å². The first-order valence-electron chi connectivity index (χ1n) is 5.72. The van der Waals surface area contributed by atoms with Crippen molar-refractivity contribution in [3.63, 3.8) is 0 Å². The highest BCUT2D eigenvalue weighted by Crippen LogP contribution is 2.34. The monoisotopic (exact) mass is 250 g/mol. The van der Waals surface area contributed by atoms with Gasteiger partial charge in [0.1, 0.15) is 6.54 Å². The Bertz CT molecular complexity index is 533. The fourth-order valence-corrected chi connectivity index (χ4v) is 1.82. The molecule has 1 heterocycles. The van der Waals surface area contributed by atoms with E-state index in [-0.39, 0.29) is 12.1 Å². The van der Waals surface area contributed by atoms with E-state index in [9.17, 15) is 14.4 Å². The molecule has 96 valence electrons. The number of hydrogen-bond donors (Lipinski definition) is 2. The topological polar surface area (TPSA) is 107 Å². The fourth-order valence-electron chi connectivity index (χ4n) is 1.82. The summed E-state index contributed by atoms with van der Waals surface area (Å²) < 4.78 is 1.14. The molecule has 3 amide bonds. The lowest BCUT2D eigenvalue weighted by atomic mass is 9.83. The molecule has 1 fully saturated rings. The van der Waals surface area contributed by atoms with Crippen LogP contribution in [0.15, 0.2) is 17.2 Å². The molecule has 7 heteroatoms. The van der Waals surface area contributed by atoms with E-state index < -0.39 is 11.9 Å². The number of urea groups is 1. The number of imide groups is 1. The van der Waals surface area contributed by atoms with Crippen LogP contribution in [0.2, 0.25) is 0 Å². The number of amides is 3. The van der Waals surface area contributed by atoms with Crippen molar-refractivity contribution >= 4 is 11.9 Å². The van der Waals surface area contributed by atoms with E-state index in [2.05, 4.69) is 4.98 Å². The maximum Gasteiger partial charge on any atom is 0.318 e. The van der Waals surface area contributed by atoms with E-state index in [1.54, 1.807) is 0 Å². The quantitative estimate of drug-likeness (QED) is 0.768. The molecule has 0 atom stereocenters. The van der Waals surface area contributed by atoms with Crippen molar-refractivity contribution in [3.05, 3.63) is 28.4 Å². The second-order valence-electron chi connectivity index (χ2n) is 4.32. The van der Waals surface area contributed by atoms with Gasteiger partial charge in [-0.25, -0.2) is 9.78 Å². The summed E-state index contributed by atoms with van der Waals surface area (Å²) in [5, 5.41) is 1.89. The van der Waals surface area contributed by atoms with Crippen molar-refractivity contribution in [2.45, 2.75) is 31.7 Å². The van der Waals surface area contributed by atoms with Crippen LogP contribution in [0.1, 0.15) is 30.9 Å². The van der Waals surface area contributed by atoms with Gasteiger partial charge in [-0.1, -0.05) is 6.42 Å². The molecule has 0 aromatic carbocycles. The molecule has 0 saturated heterocycles. The number of rotatable bonds is 3. The molecule has 0 unspecified atom stereocenters. The van der Waals surface area contributed by atoms with Gasteiger partial charge in [-0.05, 0) is 12.8 Å². The summed E-state index contributed by atoms with van der Waals surface area (Å²) in [6.45, 7) is -0.264. The van der Waals surface area contributed by atoms with E-state index in [0.717, 1.165) is 29.5 Å². The van der Waals surface area contributed by atoms with Crippen molar-refractivity contribution in [2.75, 3.05) is 0 Å². The van der Waals surface area contributed by atoms with Crippen LogP contribution in [0, 0.1) is 0 Å². The smallest absolute Gasteiger partial charge is 0.318 e. The Balaban J connectivity index is 2.07. The minimum Gasteiger partial charge on any atom is -0.351 e. The van der Waals surface area contributed by atoms with Gasteiger partial charge in [-0.2, -0.15) is 0 Å². The first-order valence-corrected chi connectivity index (χ1v) is 5.72. The first-order chi connectivity index (χ1) is 8.56. The normalized spacial score (nSPS) is 14.9. The summed E-state index contributed by atoms with van der Waals surface area (Å²) in [7, 11) is 0. The Morgan fingerprint density at radius 2 is 2.22 bits per heavy atom. The summed E-state index contributed by atoms with van der Waals surface area (Å²) in [6, 6.07) is 0.508. The Labute approximate surface area is 103 Å². The third kappa shape index (κ3) is 2.73. The molecule has 2 rings (SSSR count). The maximum atomic E-state index is 11.7. The molecule has 0 radical (unpaired) electrons. The molecule has 0 bridgehead atoms. The lowest BCUT2D eigenvalue weighted by Crippen LogP contribution is -2.39. The summed E-state index contributed by atoms with van der Waals surface area (Å²) in [5.41, 5.74) is 5.28. The number of aromatic nitrogens is 2. The number of carbonyl (C=O) groups is 2. The van der Waals surface area contributed by atoms with E-state index in [4.69, 9.17) is 5.73 Å². The molecule has 7 nitrogen and oxygen atoms in total. The minimum atomic E-state index is -0.938.